The summed E-state index contributed by atoms with van der Waals surface area (Å²) in [5.41, 5.74) is 10.4. The van der Waals surface area contributed by atoms with Gasteiger partial charge in [0.25, 0.3) is 0 Å². The number of hydrogen-bond donors (Lipinski definition) is 1. The molecule has 0 unspecified atom stereocenters. The van der Waals surface area contributed by atoms with Crippen molar-refractivity contribution in [3.63, 3.8) is 0 Å². The van der Waals surface area contributed by atoms with Crippen molar-refractivity contribution in [3.05, 3.63) is 70.0 Å². The largest absolute Gasteiger partial charge is 0.366 e. The fraction of sp³-hybridized carbons (Fsp3) is 0.409. The fourth-order valence-electron chi connectivity index (χ4n) is 1.90. The van der Waals surface area contributed by atoms with Crippen molar-refractivity contribution in [2.75, 3.05) is 0 Å². The Hall–Kier alpha value is -2.16. The highest BCUT2D eigenvalue weighted by Gasteiger charge is 2.04. The Labute approximate surface area is 153 Å². The quantitative estimate of drug-likeness (QED) is 0.695. The predicted molar refractivity (Wildman–Crippen MR) is 108 cm³/mol. The number of nitrogens with two attached hydrogens (primary N) is 1. The van der Waals surface area contributed by atoms with Crippen LogP contribution >= 0.6 is 0 Å². The van der Waals surface area contributed by atoms with Crippen LogP contribution in [0.15, 0.2) is 36.4 Å². The van der Waals surface area contributed by atoms with Gasteiger partial charge in [-0.1, -0.05) is 46.8 Å². The van der Waals surface area contributed by atoms with Gasteiger partial charge in [-0.2, -0.15) is 0 Å². The van der Waals surface area contributed by atoms with E-state index in [4.69, 9.17) is 5.73 Å². The molecule has 0 radical (unpaired) electrons. The monoisotopic (exact) mass is 347 g/mol. The Kier molecular flexibility index (Phi) is 14.3. The first-order chi connectivity index (χ1) is 11.8. The zero-order valence-electron chi connectivity index (χ0n) is 17.0. The van der Waals surface area contributed by atoms with Crippen molar-refractivity contribution in [2.24, 2.45) is 5.73 Å². The van der Waals surface area contributed by atoms with E-state index in [1.54, 1.807) is 12.1 Å². The number of carbonyl (C=O) groups is 1. The molecule has 0 saturated carbocycles. The van der Waals surface area contributed by atoms with Crippen LogP contribution in [0.5, 0.6) is 0 Å². The van der Waals surface area contributed by atoms with Crippen molar-refractivity contribution in [1.29, 1.82) is 0 Å². The van der Waals surface area contributed by atoms with Crippen LogP contribution in [0, 0.1) is 26.6 Å². The van der Waals surface area contributed by atoms with Crippen LogP contribution in [0.1, 0.15) is 67.2 Å². The molecule has 0 aliphatic heterocycles. The van der Waals surface area contributed by atoms with E-state index in [0.29, 0.717) is 5.56 Å². The molecular weight excluding hydrogens is 313 g/mol. The summed E-state index contributed by atoms with van der Waals surface area (Å²) in [6.07, 6.45) is 0.972. The van der Waals surface area contributed by atoms with E-state index < -0.39 is 0 Å². The van der Waals surface area contributed by atoms with Gasteiger partial charge in [0.1, 0.15) is 5.82 Å². The normalized spacial score (nSPS) is 8.68. The van der Waals surface area contributed by atoms with Crippen molar-refractivity contribution in [1.82, 2.24) is 0 Å². The lowest BCUT2D eigenvalue weighted by Gasteiger charge is -2.05. The SMILES string of the molecule is CC.CC.CCc1ccc(F)cc1.Cc1cc(C(N)=O)cc(C)c1C. The zero-order valence-corrected chi connectivity index (χ0v) is 17.0. The van der Waals surface area contributed by atoms with E-state index in [-0.39, 0.29) is 11.7 Å². The Balaban J connectivity index is 0. The van der Waals surface area contributed by atoms with Crippen molar-refractivity contribution >= 4 is 5.91 Å². The lowest BCUT2D eigenvalue weighted by molar-refractivity contribution is 0.1000. The molecule has 140 valence electrons. The molecule has 0 aromatic heterocycles. The predicted octanol–water partition coefficient (Wildman–Crippen LogP) is 6.15. The molecule has 3 heteroatoms. The third-order valence-corrected chi connectivity index (χ3v) is 3.53. The van der Waals surface area contributed by atoms with Crippen LogP contribution in [0.25, 0.3) is 0 Å². The number of aryl methyl sites for hydroxylation is 3. The van der Waals surface area contributed by atoms with Crippen molar-refractivity contribution in [2.45, 2.75) is 61.8 Å². The standard InChI is InChI=1S/C10H13NO.C8H9F.2C2H6/c1-6-4-9(10(11)12)5-7(2)8(6)3;1-2-7-3-5-8(9)6-4-7;2*1-2/h4-5H,1-3H3,(H2,11,12);3-6H,2H2,1H3;2*1-2H3. The Morgan fingerprint density at radius 3 is 1.64 bits per heavy atom. The van der Waals surface area contributed by atoms with Crippen molar-refractivity contribution < 1.29 is 9.18 Å². The number of carbonyl (C=O) groups excluding carboxylic acids is 1. The van der Waals surface area contributed by atoms with E-state index in [1.165, 1.54) is 23.3 Å². The maximum absolute atomic E-state index is 12.2. The molecule has 2 aromatic carbocycles. The lowest BCUT2D eigenvalue weighted by atomic mass is 10.0. The summed E-state index contributed by atoms with van der Waals surface area (Å²) < 4.78 is 12.2. The molecule has 0 spiro atoms. The molecule has 0 bridgehead atoms. The minimum atomic E-state index is -0.360. The number of halogens is 1. The van der Waals surface area contributed by atoms with Crippen LogP contribution in [0.3, 0.4) is 0 Å². The summed E-state index contributed by atoms with van der Waals surface area (Å²) in [6, 6.07) is 10.2. The Bertz CT molecular complexity index is 595. The fourth-order valence-corrected chi connectivity index (χ4v) is 1.90. The smallest absolute Gasteiger partial charge is 0.248 e. The number of rotatable bonds is 2. The maximum Gasteiger partial charge on any atom is 0.248 e. The van der Waals surface area contributed by atoms with Crippen molar-refractivity contribution in [3.8, 4) is 0 Å². The van der Waals surface area contributed by atoms with E-state index in [0.717, 1.165) is 17.5 Å². The highest BCUT2D eigenvalue weighted by atomic mass is 19.1. The first kappa shape index (κ1) is 25.1. The summed E-state index contributed by atoms with van der Waals surface area (Å²) in [5.74, 6) is -0.520. The highest BCUT2D eigenvalue weighted by molar-refractivity contribution is 5.93. The van der Waals surface area contributed by atoms with Gasteiger partial charge in [0.15, 0.2) is 0 Å². The average molecular weight is 348 g/mol. The van der Waals surface area contributed by atoms with Gasteiger partial charge in [0.2, 0.25) is 5.91 Å². The molecule has 0 aliphatic carbocycles. The number of amides is 1. The Morgan fingerprint density at radius 1 is 0.920 bits per heavy atom. The molecule has 0 saturated heterocycles. The second kappa shape index (κ2) is 14.2. The Morgan fingerprint density at radius 2 is 1.32 bits per heavy atom. The van der Waals surface area contributed by atoms with Gasteiger partial charge in [-0.15, -0.1) is 0 Å². The van der Waals surface area contributed by atoms with Gasteiger partial charge in [0.05, 0.1) is 0 Å². The number of primary amides is 1. The highest BCUT2D eigenvalue weighted by Crippen LogP contribution is 2.14. The third-order valence-electron chi connectivity index (χ3n) is 3.53. The molecule has 0 aliphatic rings. The van der Waals surface area contributed by atoms with Gasteiger partial charge in [0, 0.05) is 5.56 Å². The number of benzene rings is 2. The molecule has 2 rings (SSSR count). The topological polar surface area (TPSA) is 43.1 Å². The first-order valence-electron chi connectivity index (χ1n) is 8.97. The molecule has 2 aromatic rings. The molecule has 1 amide bonds. The zero-order chi connectivity index (χ0) is 20.0. The first-order valence-corrected chi connectivity index (χ1v) is 8.97. The summed E-state index contributed by atoms with van der Waals surface area (Å²) in [7, 11) is 0. The van der Waals surface area contributed by atoms with E-state index in [1.807, 2.05) is 67.5 Å². The van der Waals surface area contributed by atoms with Gasteiger partial charge < -0.3 is 5.73 Å². The molecule has 0 heterocycles. The molecule has 0 atom stereocenters. The maximum atomic E-state index is 12.2. The second-order valence-corrected chi connectivity index (χ2v) is 5.08. The lowest BCUT2D eigenvalue weighted by Crippen LogP contribution is -2.11. The van der Waals surface area contributed by atoms with E-state index in [2.05, 4.69) is 0 Å². The molecule has 25 heavy (non-hydrogen) atoms. The molecule has 2 N–H and O–H groups in total. The van der Waals surface area contributed by atoms with Crippen LogP contribution in [0.4, 0.5) is 4.39 Å². The van der Waals surface area contributed by atoms with Crippen LogP contribution in [-0.4, -0.2) is 5.91 Å². The summed E-state index contributed by atoms with van der Waals surface area (Å²) in [4.78, 5) is 10.8. The van der Waals surface area contributed by atoms with E-state index >= 15 is 0 Å². The number of hydrogen-bond acceptors (Lipinski definition) is 1. The molecule has 2 nitrogen and oxygen atoms in total. The molecule has 0 fully saturated rings. The minimum absolute atomic E-state index is 0.160. The van der Waals surface area contributed by atoms with Crippen LogP contribution in [-0.2, 0) is 6.42 Å². The van der Waals surface area contributed by atoms with Crippen LogP contribution in [0.2, 0.25) is 0 Å². The van der Waals surface area contributed by atoms with Gasteiger partial charge in [-0.25, -0.2) is 4.39 Å². The minimum Gasteiger partial charge on any atom is -0.366 e. The van der Waals surface area contributed by atoms with Gasteiger partial charge >= 0.3 is 0 Å². The van der Waals surface area contributed by atoms with Gasteiger partial charge in [-0.3, -0.25) is 4.79 Å². The summed E-state index contributed by atoms with van der Waals surface area (Å²) in [6.45, 7) is 16.0. The van der Waals surface area contributed by atoms with Gasteiger partial charge in [-0.05, 0) is 73.7 Å². The van der Waals surface area contributed by atoms with Crippen LogP contribution < -0.4 is 5.73 Å². The average Bonchev–Trinajstić information content (AvgIpc) is 2.63. The third kappa shape index (κ3) is 9.65. The summed E-state index contributed by atoms with van der Waals surface area (Å²) in [5, 5.41) is 0. The van der Waals surface area contributed by atoms with E-state index in [9.17, 15) is 9.18 Å². The summed E-state index contributed by atoms with van der Waals surface area (Å²) >= 11 is 0. The second-order valence-electron chi connectivity index (χ2n) is 5.08. The molecular formula is C22H34FNO.